The summed E-state index contributed by atoms with van der Waals surface area (Å²) in [5.41, 5.74) is 5.27. The van der Waals surface area contributed by atoms with Crippen LogP contribution < -0.4 is 10.5 Å². The van der Waals surface area contributed by atoms with Crippen LogP contribution >= 0.6 is 11.6 Å². The molecule has 0 atom stereocenters. The van der Waals surface area contributed by atoms with Crippen molar-refractivity contribution >= 4 is 23.4 Å². The van der Waals surface area contributed by atoms with Gasteiger partial charge in [0.25, 0.3) is 0 Å². The Kier molecular flexibility index (Phi) is 5.44. The quantitative estimate of drug-likeness (QED) is 0.902. The topological polar surface area (TPSA) is 72.6 Å². The Morgan fingerprint density at radius 2 is 2.05 bits per heavy atom. The molecule has 2 amide bonds. The van der Waals surface area contributed by atoms with Gasteiger partial charge in [-0.3, -0.25) is 9.59 Å². The molecule has 0 bridgehead atoms. The first-order valence-electron chi connectivity index (χ1n) is 7.01. The SMILES string of the molecule is NC(=O)C1CCN(C(=O)CCOc2cccc(Cl)c2)CC1. The second kappa shape index (κ2) is 7.31. The standard InChI is InChI=1S/C15H19ClN2O3/c16-12-2-1-3-13(10-12)21-9-6-14(19)18-7-4-11(5-8-18)15(17)20/h1-3,10-11H,4-9H2,(H2,17,20). The number of primary amides is 1. The monoisotopic (exact) mass is 310 g/mol. The highest BCUT2D eigenvalue weighted by atomic mass is 35.5. The molecule has 1 saturated heterocycles. The summed E-state index contributed by atoms with van der Waals surface area (Å²) >= 11 is 5.85. The summed E-state index contributed by atoms with van der Waals surface area (Å²) in [4.78, 5) is 24.9. The Morgan fingerprint density at radius 1 is 1.33 bits per heavy atom. The van der Waals surface area contributed by atoms with Gasteiger partial charge in [0, 0.05) is 24.0 Å². The van der Waals surface area contributed by atoms with Crippen molar-refractivity contribution in [1.82, 2.24) is 4.90 Å². The third kappa shape index (κ3) is 4.63. The van der Waals surface area contributed by atoms with Crippen LogP contribution in [0.5, 0.6) is 5.75 Å². The van der Waals surface area contributed by atoms with Crippen molar-refractivity contribution in [3.63, 3.8) is 0 Å². The van der Waals surface area contributed by atoms with Gasteiger partial charge in [0.05, 0.1) is 13.0 Å². The molecule has 0 spiro atoms. The van der Waals surface area contributed by atoms with E-state index in [1.807, 2.05) is 0 Å². The number of nitrogens with two attached hydrogens (primary N) is 1. The van der Waals surface area contributed by atoms with Crippen LogP contribution in [0.1, 0.15) is 19.3 Å². The third-order valence-electron chi connectivity index (χ3n) is 3.63. The van der Waals surface area contributed by atoms with Crippen molar-refractivity contribution in [2.45, 2.75) is 19.3 Å². The minimum Gasteiger partial charge on any atom is -0.493 e. The molecule has 0 aliphatic carbocycles. The number of hydrogen-bond acceptors (Lipinski definition) is 3. The van der Waals surface area contributed by atoms with E-state index >= 15 is 0 Å². The van der Waals surface area contributed by atoms with Crippen LogP contribution in [0.15, 0.2) is 24.3 Å². The first kappa shape index (κ1) is 15.6. The van der Waals surface area contributed by atoms with Crippen LogP contribution in [-0.2, 0) is 9.59 Å². The van der Waals surface area contributed by atoms with Gasteiger partial charge >= 0.3 is 0 Å². The molecule has 1 aromatic rings. The molecule has 1 fully saturated rings. The molecule has 21 heavy (non-hydrogen) atoms. The van der Waals surface area contributed by atoms with Gasteiger partial charge in [-0.1, -0.05) is 17.7 Å². The minimum atomic E-state index is -0.272. The maximum atomic E-state index is 12.0. The molecule has 2 N–H and O–H groups in total. The van der Waals surface area contributed by atoms with Gasteiger partial charge in [-0.05, 0) is 31.0 Å². The number of piperidine rings is 1. The first-order chi connectivity index (χ1) is 10.1. The summed E-state index contributed by atoms with van der Waals surface area (Å²) in [6, 6.07) is 7.08. The van der Waals surface area contributed by atoms with Crippen LogP contribution in [0, 0.1) is 5.92 Å². The average molecular weight is 311 g/mol. The van der Waals surface area contributed by atoms with Gasteiger partial charge in [-0.2, -0.15) is 0 Å². The van der Waals surface area contributed by atoms with Crippen LogP contribution in [0.25, 0.3) is 0 Å². The molecule has 114 valence electrons. The lowest BCUT2D eigenvalue weighted by molar-refractivity contribution is -0.135. The Bertz CT molecular complexity index is 513. The molecular formula is C15H19ClN2O3. The van der Waals surface area contributed by atoms with Crippen LogP contribution in [0.3, 0.4) is 0 Å². The van der Waals surface area contributed by atoms with E-state index < -0.39 is 0 Å². The lowest BCUT2D eigenvalue weighted by Crippen LogP contribution is -2.42. The summed E-state index contributed by atoms with van der Waals surface area (Å²) in [5, 5.41) is 0.604. The number of rotatable bonds is 5. The largest absolute Gasteiger partial charge is 0.493 e. The maximum absolute atomic E-state index is 12.0. The number of halogens is 1. The van der Waals surface area contributed by atoms with Gasteiger partial charge in [-0.15, -0.1) is 0 Å². The van der Waals surface area contributed by atoms with Crippen molar-refractivity contribution in [3.05, 3.63) is 29.3 Å². The molecule has 2 rings (SSSR count). The van der Waals surface area contributed by atoms with Crippen LogP contribution in [0.4, 0.5) is 0 Å². The highest BCUT2D eigenvalue weighted by Crippen LogP contribution is 2.19. The predicted octanol–water partition coefficient (Wildman–Crippen LogP) is 1.83. The Morgan fingerprint density at radius 3 is 2.67 bits per heavy atom. The molecule has 0 radical (unpaired) electrons. The summed E-state index contributed by atoms with van der Waals surface area (Å²) < 4.78 is 5.50. The molecule has 0 saturated carbocycles. The van der Waals surface area contributed by atoms with E-state index in [0.29, 0.717) is 49.7 Å². The fourth-order valence-electron chi connectivity index (χ4n) is 2.38. The fraction of sp³-hybridized carbons (Fsp3) is 0.467. The van der Waals surface area contributed by atoms with E-state index in [4.69, 9.17) is 22.1 Å². The molecule has 6 heteroatoms. The molecule has 1 aliphatic heterocycles. The molecule has 1 heterocycles. The number of benzene rings is 1. The number of nitrogens with zero attached hydrogens (tertiary/aromatic N) is 1. The number of carbonyl (C=O) groups is 2. The lowest BCUT2D eigenvalue weighted by Gasteiger charge is -2.30. The van der Waals surface area contributed by atoms with Crippen molar-refractivity contribution in [1.29, 1.82) is 0 Å². The normalized spacial score (nSPS) is 15.8. The number of amides is 2. The fourth-order valence-corrected chi connectivity index (χ4v) is 2.56. The van der Waals surface area contributed by atoms with Gasteiger partial charge in [0.1, 0.15) is 5.75 Å². The Balaban J connectivity index is 1.72. The zero-order valence-electron chi connectivity index (χ0n) is 11.8. The maximum Gasteiger partial charge on any atom is 0.225 e. The molecule has 1 aromatic carbocycles. The predicted molar refractivity (Wildman–Crippen MR) is 80.1 cm³/mol. The van der Waals surface area contributed by atoms with E-state index in [1.54, 1.807) is 29.2 Å². The van der Waals surface area contributed by atoms with Crippen molar-refractivity contribution in [2.24, 2.45) is 11.7 Å². The highest BCUT2D eigenvalue weighted by molar-refractivity contribution is 6.30. The first-order valence-corrected chi connectivity index (χ1v) is 7.39. The second-order valence-electron chi connectivity index (χ2n) is 5.11. The van der Waals surface area contributed by atoms with E-state index in [0.717, 1.165) is 0 Å². The Labute approximate surface area is 129 Å². The number of hydrogen-bond donors (Lipinski definition) is 1. The van der Waals surface area contributed by atoms with E-state index in [2.05, 4.69) is 0 Å². The minimum absolute atomic E-state index is 0.0416. The van der Waals surface area contributed by atoms with Crippen LogP contribution in [-0.4, -0.2) is 36.4 Å². The lowest BCUT2D eigenvalue weighted by atomic mass is 9.96. The molecular weight excluding hydrogens is 292 g/mol. The zero-order chi connectivity index (χ0) is 15.2. The third-order valence-corrected chi connectivity index (χ3v) is 3.87. The number of carbonyl (C=O) groups excluding carboxylic acids is 2. The molecule has 0 aromatic heterocycles. The smallest absolute Gasteiger partial charge is 0.225 e. The van der Waals surface area contributed by atoms with Gasteiger partial charge in [0.15, 0.2) is 0 Å². The second-order valence-corrected chi connectivity index (χ2v) is 5.55. The van der Waals surface area contributed by atoms with Crippen molar-refractivity contribution in [2.75, 3.05) is 19.7 Å². The molecule has 5 nitrogen and oxygen atoms in total. The van der Waals surface area contributed by atoms with Crippen LogP contribution in [0.2, 0.25) is 5.02 Å². The summed E-state index contributed by atoms with van der Waals surface area (Å²) in [5.74, 6) is 0.325. The zero-order valence-corrected chi connectivity index (χ0v) is 12.5. The highest BCUT2D eigenvalue weighted by Gasteiger charge is 2.25. The number of likely N-dealkylation sites (tertiary alicyclic amines) is 1. The van der Waals surface area contributed by atoms with E-state index in [-0.39, 0.29) is 17.7 Å². The van der Waals surface area contributed by atoms with Gasteiger partial charge in [-0.25, -0.2) is 0 Å². The summed E-state index contributed by atoms with van der Waals surface area (Å²) in [6.45, 7) is 1.49. The van der Waals surface area contributed by atoms with Crippen molar-refractivity contribution < 1.29 is 14.3 Å². The van der Waals surface area contributed by atoms with Crippen molar-refractivity contribution in [3.8, 4) is 5.75 Å². The summed E-state index contributed by atoms with van der Waals surface area (Å²) in [6.07, 6.45) is 1.61. The van der Waals surface area contributed by atoms with E-state index in [9.17, 15) is 9.59 Å². The van der Waals surface area contributed by atoms with Gasteiger partial charge < -0.3 is 15.4 Å². The number of ether oxygens (including phenoxy) is 1. The molecule has 1 aliphatic rings. The average Bonchev–Trinajstić information content (AvgIpc) is 2.47. The summed E-state index contributed by atoms with van der Waals surface area (Å²) in [7, 11) is 0. The van der Waals surface area contributed by atoms with Gasteiger partial charge in [0.2, 0.25) is 11.8 Å². The molecule has 0 unspecified atom stereocenters. The van der Waals surface area contributed by atoms with E-state index in [1.165, 1.54) is 0 Å². The Hall–Kier alpha value is -1.75.